The molecule has 94 valence electrons. The lowest BCUT2D eigenvalue weighted by molar-refractivity contribution is 0.0484. The van der Waals surface area contributed by atoms with E-state index in [1.54, 1.807) is 0 Å². The van der Waals surface area contributed by atoms with Crippen LogP contribution < -0.4 is 4.74 Å². The zero-order valence-corrected chi connectivity index (χ0v) is 10.9. The fourth-order valence-electron chi connectivity index (χ4n) is 1.70. The number of benzene rings is 1. The molecule has 0 amide bonds. The second kappa shape index (κ2) is 5.87. The minimum absolute atomic E-state index is 0.142. The van der Waals surface area contributed by atoms with Crippen molar-refractivity contribution < 1.29 is 9.84 Å². The first kappa shape index (κ1) is 13.8. The van der Waals surface area contributed by atoms with Gasteiger partial charge in [0.15, 0.2) is 0 Å². The van der Waals surface area contributed by atoms with Gasteiger partial charge < -0.3 is 9.84 Å². The Labute approximate surface area is 104 Å². The summed E-state index contributed by atoms with van der Waals surface area (Å²) in [5.41, 5.74) is 0.0577. The molecule has 0 fully saturated rings. The molecule has 0 saturated carbocycles. The van der Waals surface area contributed by atoms with E-state index in [0.717, 1.165) is 17.7 Å². The molecule has 1 unspecified atom stereocenters. The minimum Gasteiger partial charge on any atom is -0.491 e. The van der Waals surface area contributed by atoms with Crippen LogP contribution in [0.3, 0.4) is 0 Å². The number of allylic oxidation sites excluding steroid dienone is 1. The van der Waals surface area contributed by atoms with Gasteiger partial charge in [-0.1, -0.05) is 18.2 Å². The number of rotatable bonds is 6. The molecule has 0 aliphatic heterocycles. The minimum atomic E-state index is -0.829. The van der Waals surface area contributed by atoms with Gasteiger partial charge in [-0.15, -0.1) is 6.58 Å². The SMILES string of the molecule is C=CCCC(C)(O)c1cccc(OC(C)C)c1. The smallest absolute Gasteiger partial charge is 0.120 e. The van der Waals surface area contributed by atoms with Crippen molar-refractivity contribution in [2.75, 3.05) is 0 Å². The Balaban J connectivity index is 2.86. The predicted octanol–water partition coefficient (Wildman–Crippen LogP) is 3.65. The van der Waals surface area contributed by atoms with Gasteiger partial charge in [0, 0.05) is 0 Å². The number of hydrogen-bond donors (Lipinski definition) is 1. The molecule has 0 aromatic heterocycles. The molecule has 1 aromatic rings. The van der Waals surface area contributed by atoms with E-state index in [-0.39, 0.29) is 6.10 Å². The molecular formula is C15H22O2. The van der Waals surface area contributed by atoms with Crippen molar-refractivity contribution in [2.45, 2.75) is 45.3 Å². The van der Waals surface area contributed by atoms with Gasteiger partial charge in [-0.2, -0.15) is 0 Å². The summed E-state index contributed by atoms with van der Waals surface area (Å²) in [4.78, 5) is 0. The molecule has 1 aromatic carbocycles. The monoisotopic (exact) mass is 234 g/mol. The van der Waals surface area contributed by atoms with E-state index < -0.39 is 5.60 Å². The van der Waals surface area contributed by atoms with E-state index in [1.165, 1.54) is 0 Å². The highest BCUT2D eigenvalue weighted by Crippen LogP contribution is 2.28. The van der Waals surface area contributed by atoms with Crippen molar-refractivity contribution in [1.29, 1.82) is 0 Å². The van der Waals surface area contributed by atoms with Crippen LogP contribution >= 0.6 is 0 Å². The molecule has 0 radical (unpaired) electrons. The van der Waals surface area contributed by atoms with Gasteiger partial charge in [-0.05, 0) is 51.3 Å². The van der Waals surface area contributed by atoms with Crippen LogP contribution in [0.25, 0.3) is 0 Å². The summed E-state index contributed by atoms with van der Waals surface area (Å²) >= 11 is 0. The van der Waals surface area contributed by atoms with E-state index in [4.69, 9.17) is 4.74 Å². The second-order valence-corrected chi connectivity index (χ2v) is 4.80. The molecule has 0 heterocycles. The molecule has 0 saturated heterocycles. The van der Waals surface area contributed by atoms with Gasteiger partial charge in [-0.3, -0.25) is 0 Å². The lowest BCUT2D eigenvalue weighted by Gasteiger charge is -2.24. The molecule has 0 bridgehead atoms. The highest BCUT2D eigenvalue weighted by Gasteiger charge is 2.22. The zero-order chi connectivity index (χ0) is 12.9. The molecule has 1 N–H and O–H groups in total. The van der Waals surface area contributed by atoms with Crippen LogP contribution in [0.1, 0.15) is 39.2 Å². The van der Waals surface area contributed by atoms with Gasteiger partial charge in [0.2, 0.25) is 0 Å². The summed E-state index contributed by atoms with van der Waals surface area (Å²) in [7, 11) is 0. The lowest BCUT2D eigenvalue weighted by atomic mass is 9.91. The third-order valence-electron chi connectivity index (χ3n) is 2.66. The number of ether oxygens (including phenoxy) is 1. The Morgan fingerprint density at radius 3 is 2.76 bits per heavy atom. The Morgan fingerprint density at radius 1 is 1.47 bits per heavy atom. The molecule has 0 spiro atoms. The molecule has 1 rings (SSSR count). The largest absolute Gasteiger partial charge is 0.491 e. The predicted molar refractivity (Wildman–Crippen MR) is 71.2 cm³/mol. The summed E-state index contributed by atoms with van der Waals surface area (Å²) in [6.45, 7) is 9.48. The average Bonchev–Trinajstić information content (AvgIpc) is 2.26. The van der Waals surface area contributed by atoms with E-state index in [0.29, 0.717) is 6.42 Å². The summed E-state index contributed by atoms with van der Waals surface area (Å²) < 4.78 is 5.62. The zero-order valence-electron chi connectivity index (χ0n) is 10.9. The maximum atomic E-state index is 10.4. The first-order valence-corrected chi connectivity index (χ1v) is 6.06. The first-order chi connectivity index (χ1) is 7.95. The van der Waals surface area contributed by atoms with Crippen LogP contribution in [0, 0.1) is 0 Å². The van der Waals surface area contributed by atoms with E-state index in [2.05, 4.69) is 6.58 Å². The Hall–Kier alpha value is -1.28. The van der Waals surface area contributed by atoms with Crippen LogP contribution in [-0.4, -0.2) is 11.2 Å². The van der Waals surface area contributed by atoms with Gasteiger partial charge >= 0.3 is 0 Å². The average molecular weight is 234 g/mol. The molecule has 2 nitrogen and oxygen atoms in total. The van der Waals surface area contributed by atoms with Crippen LogP contribution in [-0.2, 0) is 5.60 Å². The molecule has 1 atom stereocenters. The van der Waals surface area contributed by atoms with Crippen molar-refractivity contribution in [1.82, 2.24) is 0 Å². The maximum absolute atomic E-state index is 10.4. The molecule has 0 aliphatic rings. The van der Waals surface area contributed by atoms with Crippen LogP contribution in [0.2, 0.25) is 0 Å². The van der Waals surface area contributed by atoms with Crippen LogP contribution in [0.4, 0.5) is 0 Å². The topological polar surface area (TPSA) is 29.5 Å². The highest BCUT2D eigenvalue weighted by atomic mass is 16.5. The maximum Gasteiger partial charge on any atom is 0.120 e. The summed E-state index contributed by atoms with van der Waals surface area (Å²) in [6, 6.07) is 7.65. The van der Waals surface area contributed by atoms with Gasteiger partial charge in [0.25, 0.3) is 0 Å². The molecule has 0 aliphatic carbocycles. The molecular weight excluding hydrogens is 212 g/mol. The van der Waals surface area contributed by atoms with Crippen LogP contribution in [0.5, 0.6) is 5.75 Å². The number of aliphatic hydroxyl groups is 1. The van der Waals surface area contributed by atoms with Gasteiger partial charge in [-0.25, -0.2) is 0 Å². The molecule has 2 heteroatoms. The Bertz CT molecular complexity index is 367. The highest BCUT2D eigenvalue weighted by molar-refractivity contribution is 5.32. The van der Waals surface area contributed by atoms with E-state index in [9.17, 15) is 5.11 Å². The summed E-state index contributed by atoms with van der Waals surface area (Å²) in [5, 5.41) is 10.4. The normalized spacial score (nSPS) is 14.4. The van der Waals surface area contributed by atoms with E-state index >= 15 is 0 Å². The molecule has 17 heavy (non-hydrogen) atoms. The van der Waals surface area contributed by atoms with Crippen molar-refractivity contribution >= 4 is 0 Å². The Morgan fingerprint density at radius 2 is 2.18 bits per heavy atom. The summed E-state index contributed by atoms with van der Waals surface area (Å²) in [5.74, 6) is 0.802. The third-order valence-corrected chi connectivity index (χ3v) is 2.66. The summed E-state index contributed by atoms with van der Waals surface area (Å²) in [6.07, 6.45) is 3.43. The van der Waals surface area contributed by atoms with Crippen molar-refractivity contribution in [3.8, 4) is 5.75 Å². The van der Waals surface area contributed by atoms with E-state index in [1.807, 2.05) is 51.1 Å². The second-order valence-electron chi connectivity index (χ2n) is 4.80. The fourth-order valence-corrected chi connectivity index (χ4v) is 1.70. The van der Waals surface area contributed by atoms with Crippen molar-refractivity contribution in [3.05, 3.63) is 42.5 Å². The first-order valence-electron chi connectivity index (χ1n) is 6.06. The van der Waals surface area contributed by atoms with Crippen molar-refractivity contribution in [3.63, 3.8) is 0 Å². The van der Waals surface area contributed by atoms with Gasteiger partial charge in [0.1, 0.15) is 5.75 Å². The van der Waals surface area contributed by atoms with Gasteiger partial charge in [0.05, 0.1) is 11.7 Å². The lowest BCUT2D eigenvalue weighted by Crippen LogP contribution is -2.20. The fraction of sp³-hybridized carbons (Fsp3) is 0.467. The standard InChI is InChI=1S/C15H22O2/c1-5-6-10-15(4,16)13-8-7-9-14(11-13)17-12(2)3/h5,7-9,11-12,16H,1,6,10H2,2-4H3. The van der Waals surface area contributed by atoms with Crippen LogP contribution in [0.15, 0.2) is 36.9 Å². The number of hydrogen-bond acceptors (Lipinski definition) is 2. The third kappa shape index (κ3) is 4.23. The van der Waals surface area contributed by atoms with Crippen molar-refractivity contribution in [2.24, 2.45) is 0 Å². The Kier molecular flexibility index (Phi) is 4.76. The quantitative estimate of drug-likeness (QED) is 0.761.